The number of rotatable bonds is 3. The van der Waals surface area contributed by atoms with Gasteiger partial charge in [0.05, 0.1) is 4.83 Å². The van der Waals surface area contributed by atoms with Gasteiger partial charge in [0.2, 0.25) is 5.91 Å². The van der Waals surface area contributed by atoms with Gasteiger partial charge in [0.15, 0.2) is 0 Å². The summed E-state index contributed by atoms with van der Waals surface area (Å²) in [7, 11) is 0. The number of anilines is 1. The van der Waals surface area contributed by atoms with Crippen LogP contribution in [0.25, 0.3) is 0 Å². The lowest BCUT2D eigenvalue weighted by atomic mass is 10.2. The molecule has 1 aromatic carbocycles. The van der Waals surface area contributed by atoms with Crippen molar-refractivity contribution in [1.82, 2.24) is 4.90 Å². The van der Waals surface area contributed by atoms with E-state index >= 15 is 0 Å². The first-order valence-corrected chi connectivity index (χ1v) is 7.84. The Balaban J connectivity index is 1.92. The zero-order valence-electron chi connectivity index (χ0n) is 11.0. The van der Waals surface area contributed by atoms with E-state index in [1.807, 2.05) is 36.1 Å². The fourth-order valence-electron chi connectivity index (χ4n) is 2.21. The van der Waals surface area contributed by atoms with E-state index in [4.69, 9.17) is 11.6 Å². The highest BCUT2D eigenvalue weighted by atomic mass is 79.9. The van der Waals surface area contributed by atoms with Gasteiger partial charge in [-0.1, -0.05) is 34.5 Å². The Morgan fingerprint density at radius 3 is 2.37 bits per heavy atom. The molecule has 1 saturated heterocycles. The number of alkyl halides is 1. The van der Waals surface area contributed by atoms with Crippen LogP contribution >= 0.6 is 27.5 Å². The molecule has 19 heavy (non-hydrogen) atoms. The molecule has 0 aromatic heterocycles. The van der Waals surface area contributed by atoms with Gasteiger partial charge in [0.25, 0.3) is 0 Å². The van der Waals surface area contributed by atoms with Crippen LogP contribution in [0.15, 0.2) is 24.3 Å². The Kier molecular flexibility index (Phi) is 5.11. The Morgan fingerprint density at radius 1 is 1.26 bits per heavy atom. The highest BCUT2D eigenvalue weighted by Crippen LogP contribution is 2.20. The van der Waals surface area contributed by atoms with E-state index in [2.05, 4.69) is 20.8 Å². The van der Waals surface area contributed by atoms with Crippen molar-refractivity contribution in [3.8, 4) is 0 Å². The van der Waals surface area contributed by atoms with Gasteiger partial charge in [-0.2, -0.15) is 0 Å². The van der Waals surface area contributed by atoms with E-state index in [0.29, 0.717) is 0 Å². The molecule has 1 atom stereocenters. The summed E-state index contributed by atoms with van der Waals surface area (Å²) in [6.45, 7) is 5.32. The fraction of sp³-hybridized carbons (Fsp3) is 0.500. The molecule has 0 spiro atoms. The number of hydrogen-bond donors (Lipinski definition) is 0. The quantitative estimate of drug-likeness (QED) is 0.786. The first kappa shape index (κ1) is 14.7. The van der Waals surface area contributed by atoms with Crippen molar-refractivity contribution in [3.05, 3.63) is 29.3 Å². The van der Waals surface area contributed by atoms with Gasteiger partial charge in [0, 0.05) is 36.9 Å². The number of piperazine rings is 1. The molecule has 1 aromatic rings. The molecule has 1 unspecified atom stereocenters. The molecule has 1 heterocycles. The maximum absolute atomic E-state index is 12.1. The molecule has 1 aliphatic heterocycles. The molecule has 0 radical (unpaired) electrons. The number of hydrogen-bond acceptors (Lipinski definition) is 2. The van der Waals surface area contributed by atoms with Crippen molar-refractivity contribution in [3.63, 3.8) is 0 Å². The van der Waals surface area contributed by atoms with Crippen molar-refractivity contribution in [2.24, 2.45) is 0 Å². The van der Waals surface area contributed by atoms with Crippen molar-refractivity contribution in [1.29, 1.82) is 0 Å². The largest absolute Gasteiger partial charge is 0.368 e. The minimum absolute atomic E-state index is 0.0467. The lowest BCUT2D eigenvalue weighted by Crippen LogP contribution is -2.50. The molecular formula is C14H18BrClN2O. The maximum Gasteiger partial charge on any atom is 0.236 e. The summed E-state index contributed by atoms with van der Waals surface area (Å²) in [5, 5.41) is 0.752. The van der Waals surface area contributed by atoms with E-state index < -0.39 is 0 Å². The second-order valence-corrected chi connectivity index (χ2v) is 6.21. The van der Waals surface area contributed by atoms with Crippen molar-refractivity contribution in [2.75, 3.05) is 31.1 Å². The summed E-state index contributed by atoms with van der Waals surface area (Å²) in [5.74, 6) is 0.207. The number of benzene rings is 1. The fourth-order valence-corrected chi connectivity index (χ4v) is 2.63. The van der Waals surface area contributed by atoms with Gasteiger partial charge in [-0.3, -0.25) is 4.79 Å². The minimum Gasteiger partial charge on any atom is -0.368 e. The van der Waals surface area contributed by atoms with Crippen LogP contribution in [0.2, 0.25) is 5.02 Å². The molecule has 0 bridgehead atoms. The lowest BCUT2D eigenvalue weighted by Gasteiger charge is -2.36. The Hall–Kier alpha value is -0.740. The second kappa shape index (κ2) is 6.62. The smallest absolute Gasteiger partial charge is 0.236 e. The first-order chi connectivity index (χ1) is 9.11. The topological polar surface area (TPSA) is 23.6 Å². The normalized spacial score (nSPS) is 17.4. The molecule has 3 nitrogen and oxygen atoms in total. The van der Waals surface area contributed by atoms with Gasteiger partial charge in [-0.15, -0.1) is 0 Å². The summed E-state index contributed by atoms with van der Waals surface area (Å²) in [5.41, 5.74) is 1.17. The number of carbonyl (C=O) groups is 1. The first-order valence-electron chi connectivity index (χ1n) is 6.55. The van der Waals surface area contributed by atoms with Crippen LogP contribution in [0.4, 0.5) is 5.69 Å². The molecule has 1 amide bonds. The predicted molar refractivity (Wildman–Crippen MR) is 83.3 cm³/mol. The van der Waals surface area contributed by atoms with Crippen LogP contribution in [0.1, 0.15) is 13.3 Å². The average molecular weight is 346 g/mol. The standard InChI is InChI=1S/C14H18BrClN2O/c1-2-13(15)14(19)18-9-7-17(8-10-18)12-5-3-11(16)4-6-12/h3-6,13H,2,7-10H2,1H3. The van der Waals surface area contributed by atoms with E-state index in [0.717, 1.165) is 37.6 Å². The van der Waals surface area contributed by atoms with Crippen LogP contribution in [0.3, 0.4) is 0 Å². The molecule has 5 heteroatoms. The molecule has 1 fully saturated rings. The van der Waals surface area contributed by atoms with Crippen LogP contribution in [0.5, 0.6) is 0 Å². The number of carbonyl (C=O) groups excluding carboxylic acids is 1. The monoisotopic (exact) mass is 344 g/mol. The summed E-state index contributed by atoms with van der Waals surface area (Å²) < 4.78 is 0. The van der Waals surface area contributed by atoms with Crippen LogP contribution in [-0.2, 0) is 4.79 Å². The second-order valence-electron chi connectivity index (χ2n) is 4.66. The van der Waals surface area contributed by atoms with Crippen molar-refractivity contribution < 1.29 is 4.79 Å². The van der Waals surface area contributed by atoms with Gasteiger partial charge in [0.1, 0.15) is 0 Å². The summed E-state index contributed by atoms with van der Waals surface area (Å²) in [6.07, 6.45) is 0.830. The average Bonchev–Trinajstić information content (AvgIpc) is 2.46. The van der Waals surface area contributed by atoms with Gasteiger partial charge in [-0.05, 0) is 30.7 Å². The molecule has 0 N–H and O–H groups in total. The van der Waals surface area contributed by atoms with E-state index in [-0.39, 0.29) is 10.7 Å². The van der Waals surface area contributed by atoms with Crippen molar-refractivity contribution in [2.45, 2.75) is 18.2 Å². The minimum atomic E-state index is -0.0467. The SMILES string of the molecule is CCC(Br)C(=O)N1CCN(c2ccc(Cl)cc2)CC1. The Bertz CT molecular complexity index is 430. The number of amides is 1. The third-order valence-corrected chi connectivity index (χ3v) is 4.70. The number of halogens is 2. The Morgan fingerprint density at radius 2 is 1.84 bits per heavy atom. The third-order valence-electron chi connectivity index (χ3n) is 3.41. The molecule has 2 rings (SSSR count). The van der Waals surface area contributed by atoms with Crippen LogP contribution < -0.4 is 4.90 Å². The molecule has 104 valence electrons. The third kappa shape index (κ3) is 3.63. The van der Waals surface area contributed by atoms with Gasteiger partial charge < -0.3 is 9.80 Å². The summed E-state index contributed by atoms with van der Waals surface area (Å²) in [4.78, 5) is 16.2. The highest BCUT2D eigenvalue weighted by molar-refractivity contribution is 9.10. The molecule has 0 aliphatic carbocycles. The predicted octanol–water partition coefficient (Wildman–Crippen LogP) is 3.16. The molecular weight excluding hydrogens is 328 g/mol. The zero-order valence-corrected chi connectivity index (χ0v) is 13.3. The summed E-state index contributed by atoms with van der Waals surface area (Å²) >= 11 is 9.32. The van der Waals surface area contributed by atoms with E-state index in [1.54, 1.807) is 0 Å². The molecule has 1 aliphatic rings. The lowest BCUT2D eigenvalue weighted by molar-refractivity contribution is -0.130. The summed E-state index contributed by atoms with van der Waals surface area (Å²) in [6, 6.07) is 7.86. The van der Waals surface area contributed by atoms with E-state index in [1.165, 1.54) is 5.69 Å². The van der Waals surface area contributed by atoms with Gasteiger partial charge in [-0.25, -0.2) is 0 Å². The van der Waals surface area contributed by atoms with Crippen molar-refractivity contribution >= 4 is 39.1 Å². The zero-order chi connectivity index (χ0) is 13.8. The highest BCUT2D eigenvalue weighted by Gasteiger charge is 2.24. The van der Waals surface area contributed by atoms with Crippen LogP contribution in [0, 0.1) is 0 Å². The van der Waals surface area contributed by atoms with E-state index in [9.17, 15) is 4.79 Å². The Labute approximate surface area is 127 Å². The maximum atomic E-state index is 12.1. The molecule has 0 saturated carbocycles. The number of nitrogens with zero attached hydrogens (tertiary/aromatic N) is 2. The van der Waals surface area contributed by atoms with Crippen LogP contribution in [-0.4, -0.2) is 41.8 Å². The van der Waals surface area contributed by atoms with Gasteiger partial charge >= 0.3 is 0 Å².